The lowest BCUT2D eigenvalue weighted by atomic mass is 9.85. The van der Waals surface area contributed by atoms with E-state index in [1.165, 1.54) is 33.9 Å². The lowest BCUT2D eigenvalue weighted by Crippen LogP contribution is -2.28. The molecule has 0 heterocycles. The highest BCUT2D eigenvalue weighted by molar-refractivity contribution is 5.87. The molecule has 0 spiro atoms. The van der Waals surface area contributed by atoms with E-state index in [0.717, 1.165) is 114 Å². The summed E-state index contributed by atoms with van der Waals surface area (Å²) in [5, 5.41) is 47.9. The number of aliphatic hydroxyl groups excluding tert-OH is 2. The highest BCUT2D eigenvalue weighted by atomic mass is 16.3. The Bertz CT molecular complexity index is 3790. The zero-order valence-corrected chi connectivity index (χ0v) is 55.2. The third-order valence-electron chi connectivity index (χ3n) is 18.4. The molecule has 10 aromatic rings. The highest BCUT2D eigenvalue weighted by Gasteiger charge is 2.30. The molecule has 474 valence electrons. The third-order valence-corrected chi connectivity index (χ3v) is 18.4. The molecule has 92 heavy (non-hydrogen) atoms. The van der Waals surface area contributed by atoms with Gasteiger partial charge in [0.1, 0.15) is 11.5 Å². The maximum Gasteiger partial charge on any atom is 0.121 e. The number of para-hydroxylation sites is 4. The summed E-state index contributed by atoms with van der Waals surface area (Å²) in [4.78, 5) is 13.8. The summed E-state index contributed by atoms with van der Waals surface area (Å²) in [6, 6.07) is 79.9. The number of rotatable bonds is 28. The van der Waals surface area contributed by atoms with Gasteiger partial charge in [-0.15, -0.1) is 0 Å². The van der Waals surface area contributed by atoms with E-state index in [0.29, 0.717) is 23.2 Å². The van der Waals surface area contributed by atoms with E-state index >= 15 is 0 Å². The van der Waals surface area contributed by atoms with Crippen LogP contribution >= 0.6 is 0 Å². The van der Waals surface area contributed by atoms with Gasteiger partial charge in [0.15, 0.2) is 0 Å². The molecule has 0 fully saturated rings. The van der Waals surface area contributed by atoms with Crippen molar-refractivity contribution in [3.63, 3.8) is 0 Å². The largest absolute Gasteiger partial charge is 0.508 e. The molecule has 10 aromatic carbocycles. The molecule has 0 bridgehead atoms. The molecule has 0 aromatic heterocycles. The molecular formula is C82H92N6O4. The summed E-state index contributed by atoms with van der Waals surface area (Å²) in [5.41, 5.74) is 20.1. The first kappa shape index (κ1) is 65.5. The molecule has 0 radical (unpaired) electrons. The number of benzene rings is 10. The van der Waals surface area contributed by atoms with Gasteiger partial charge in [-0.1, -0.05) is 133 Å². The Morgan fingerprint density at radius 2 is 0.587 bits per heavy atom. The van der Waals surface area contributed by atoms with E-state index in [2.05, 4.69) is 279 Å². The van der Waals surface area contributed by atoms with Crippen LogP contribution in [0.2, 0.25) is 0 Å². The zero-order valence-electron chi connectivity index (χ0n) is 55.2. The summed E-state index contributed by atoms with van der Waals surface area (Å²) in [6.07, 6.45) is -1.57. The predicted molar refractivity (Wildman–Crippen MR) is 390 cm³/mol. The quantitative estimate of drug-likeness (QED) is 0.0379. The molecule has 10 rings (SSSR count). The minimum atomic E-state index is -1.08. The van der Waals surface area contributed by atoms with Crippen LogP contribution in [0.25, 0.3) is 44.5 Å². The van der Waals surface area contributed by atoms with Gasteiger partial charge in [0.25, 0.3) is 0 Å². The highest BCUT2D eigenvalue weighted by Crippen LogP contribution is 2.45. The minimum Gasteiger partial charge on any atom is -0.508 e. The van der Waals surface area contributed by atoms with Crippen molar-refractivity contribution in [2.75, 3.05) is 81.8 Å². The van der Waals surface area contributed by atoms with Gasteiger partial charge in [-0.05, 0) is 188 Å². The van der Waals surface area contributed by atoms with Crippen LogP contribution in [0, 0.1) is 0 Å². The van der Waals surface area contributed by atoms with Crippen LogP contribution in [0.1, 0.15) is 85.8 Å². The first-order chi connectivity index (χ1) is 44.9. The zero-order chi connectivity index (χ0) is 64.8. The lowest BCUT2D eigenvalue weighted by molar-refractivity contribution is 0.0563. The SMILES string of the molecule is CCN(CC)c1ccccc1-c1ccc(N(c2ccc(-c3ccccc3N(CC)CC)cc2)c2ccc(CCC(O)[C@@H](c3ccc(N(c4ccc(-c5ccccc5N(CC)CC)cc4)c4ccc(-c5ccccc5N(CC)CC)cc4)cc3O)C(C)O)c(O)c2)cc1. The van der Waals surface area contributed by atoms with Crippen LogP contribution in [0.15, 0.2) is 231 Å². The van der Waals surface area contributed by atoms with Crippen LogP contribution in [0.4, 0.5) is 56.9 Å². The summed E-state index contributed by atoms with van der Waals surface area (Å²) in [5.74, 6) is -0.785. The van der Waals surface area contributed by atoms with E-state index < -0.39 is 18.1 Å². The topological polar surface area (TPSA) is 100 Å². The van der Waals surface area contributed by atoms with E-state index in [4.69, 9.17) is 0 Å². The van der Waals surface area contributed by atoms with Crippen molar-refractivity contribution in [3.05, 3.63) is 242 Å². The standard InChI is InChI=1S/C82H92N6O4/c1-10-83(11-2)75-30-22-18-26-70(75)59-34-44-64(45-35-59)87(65-46-36-60(37-47-65)71-27-19-23-31-76(71)84(12-3)13-4)68-52-42-63(80(91)56-68)43-55-79(90)82(58(9)89)74-54-53-69(57-81(74)92)88(66-48-38-61(39-49-66)72-28-20-24-32-77(72)85(14-5)15-6)67-50-40-62(41-51-67)73-29-21-25-33-78(73)86(16-7)17-8/h18-42,44-54,56-58,79,82,89-92H,10-17,43,55H2,1-9H3/t58?,79?,82-/m1/s1. The molecular weight excluding hydrogens is 1130 g/mol. The Kier molecular flexibility index (Phi) is 21.7. The molecule has 0 aliphatic rings. The molecule has 10 nitrogen and oxygen atoms in total. The van der Waals surface area contributed by atoms with Crippen molar-refractivity contribution >= 4 is 56.9 Å². The maximum absolute atomic E-state index is 12.2. The van der Waals surface area contributed by atoms with Crippen molar-refractivity contribution in [2.45, 2.75) is 93.3 Å². The Morgan fingerprint density at radius 3 is 0.859 bits per heavy atom. The number of anilines is 10. The summed E-state index contributed by atoms with van der Waals surface area (Å²) in [6.45, 7) is 26.3. The number of hydrogen-bond donors (Lipinski definition) is 4. The fraction of sp³-hybridized carbons (Fsp3) is 0.268. The first-order valence-electron chi connectivity index (χ1n) is 33.3. The number of hydrogen-bond acceptors (Lipinski definition) is 10. The second-order valence-corrected chi connectivity index (χ2v) is 23.5. The molecule has 10 heteroatoms. The van der Waals surface area contributed by atoms with Gasteiger partial charge >= 0.3 is 0 Å². The van der Waals surface area contributed by atoms with E-state index in [9.17, 15) is 20.4 Å². The fourth-order valence-corrected chi connectivity index (χ4v) is 13.4. The van der Waals surface area contributed by atoms with Crippen LogP contribution < -0.4 is 29.4 Å². The lowest BCUT2D eigenvalue weighted by Gasteiger charge is -2.30. The van der Waals surface area contributed by atoms with Crippen molar-refractivity contribution in [2.24, 2.45) is 0 Å². The molecule has 0 saturated heterocycles. The number of nitrogens with zero attached hydrogens (tertiary/aromatic N) is 6. The maximum atomic E-state index is 12.2. The van der Waals surface area contributed by atoms with Gasteiger partial charge in [0, 0.05) is 155 Å². The Morgan fingerprint density at radius 1 is 0.315 bits per heavy atom. The third kappa shape index (κ3) is 14.2. The van der Waals surface area contributed by atoms with Gasteiger partial charge < -0.3 is 49.8 Å². The molecule has 0 aliphatic heterocycles. The number of phenolic OH excluding ortho intramolecular Hbond substituents is 2. The van der Waals surface area contributed by atoms with Crippen LogP contribution in [0.5, 0.6) is 11.5 Å². The van der Waals surface area contributed by atoms with E-state index in [1.54, 1.807) is 19.1 Å². The van der Waals surface area contributed by atoms with Crippen molar-refractivity contribution in [1.82, 2.24) is 0 Å². The van der Waals surface area contributed by atoms with Crippen molar-refractivity contribution in [1.29, 1.82) is 0 Å². The van der Waals surface area contributed by atoms with Gasteiger partial charge in [-0.3, -0.25) is 0 Å². The Labute approximate surface area is 547 Å². The number of phenols is 2. The first-order valence-corrected chi connectivity index (χ1v) is 33.3. The summed E-state index contributed by atoms with van der Waals surface area (Å²) >= 11 is 0. The normalized spacial score (nSPS) is 12.2. The molecule has 0 amide bonds. The smallest absolute Gasteiger partial charge is 0.121 e. The summed E-state index contributed by atoms with van der Waals surface area (Å²) in [7, 11) is 0. The molecule has 0 saturated carbocycles. The molecule has 4 N–H and O–H groups in total. The number of aryl methyl sites for hydroxylation is 1. The minimum absolute atomic E-state index is 0.0402. The second-order valence-electron chi connectivity index (χ2n) is 23.5. The Hall–Kier alpha value is -9.48. The van der Waals surface area contributed by atoms with Gasteiger partial charge in [-0.25, -0.2) is 0 Å². The van der Waals surface area contributed by atoms with Crippen LogP contribution in [-0.2, 0) is 6.42 Å². The second kappa shape index (κ2) is 30.6. The molecule has 2 unspecified atom stereocenters. The van der Waals surface area contributed by atoms with Crippen LogP contribution in [0.3, 0.4) is 0 Å². The molecule has 0 aliphatic carbocycles. The van der Waals surface area contributed by atoms with Crippen molar-refractivity contribution in [3.8, 4) is 56.0 Å². The van der Waals surface area contributed by atoms with E-state index in [-0.39, 0.29) is 17.9 Å². The number of aromatic hydroxyl groups is 2. The monoisotopic (exact) mass is 1220 g/mol. The molecule has 3 atom stereocenters. The fourth-order valence-electron chi connectivity index (χ4n) is 13.4. The van der Waals surface area contributed by atoms with Crippen molar-refractivity contribution < 1.29 is 20.4 Å². The van der Waals surface area contributed by atoms with E-state index in [1.807, 2.05) is 24.3 Å². The van der Waals surface area contributed by atoms with Gasteiger partial charge in [0.2, 0.25) is 0 Å². The van der Waals surface area contributed by atoms with Gasteiger partial charge in [-0.2, -0.15) is 0 Å². The average molecular weight is 1230 g/mol. The number of aliphatic hydroxyl groups is 2. The average Bonchev–Trinajstić information content (AvgIpc) is 0.838. The predicted octanol–water partition coefficient (Wildman–Crippen LogP) is 19.5. The summed E-state index contributed by atoms with van der Waals surface area (Å²) < 4.78 is 0. The van der Waals surface area contributed by atoms with Gasteiger partial charge in [0.05, 0.1) is 12.2 Å². The Balaban J connectivity index is 0.939. The van der Waals surface area contributed by atoms with Crippen LogP contribution in [-0.4, -0.2) is 85.0 Å².